The zero-order valence-electron chi connectivity index (χ0n) is 7.86. The van der Waals surface area contributed by atoms with Crippen molar-refractivity contribution in [3.05, 3.63) is 35.4 Å². The van der Waals surface area contributed by atoms with Crippen molar-refractivity contribution in [3.8, 4) is 0 Å². The molecule has 0 amide bonds. The molecule has 1 aromatic carbocycles. The average molecular weight is 203 g/mol. The molecule has 0 aromatic heterocycles. The number of rotatable bonds is 3. The lowest BCUT2D eigenvalue weighted by Crippen LogP contribution is -2.32. The van der Waals surface area contributed by atoms with E-state index in [0.29, 0.717) is 0 Å². The summed E-state index contributed by atoms with van der Waals surface area (Å²) in [6, 6.07) is 3.07. The third-order valence-corrected chi connectivity index (χ3v) is 2.00. The summed E-state index contributed by atoms with van der Waals surface area (Å²) in [6.07, 6.45) is -0.143. The fourth-order valence-corrected chi connectivity index (χ4v) is 1.13. The molecule has 0 radical (unpaired) electrons. The molecule has 1 unspecified atom stereocenters. The molecule has 0 saturated carbocycles. The Morgan fingerprint density at radius 3 is 2.50 bits per heavy atom. The number of hydrogen-bond donors (Lipinski definition) is 1. The summed E-state index contributed by atoms with van der Waals surface area (Å²) < 4.78 is 39.0. The molecule has 2 N–H and O–H groups in total. The first kappa shape index (κ1) is 11.0. The van der Waals surface area contributed by atoms with Gasteiger partial charge in [0.2, 0.25) is 0 Å². The largest absolute Gasteiger partial charge is 0.328 e. The quantitative estimate of drug-likeness (QED) is 0.800. The van der Waals surface area contributed by atoms with Gasteiger partial charge in [-0.15, -0.1) is 0 Å². The van der Waals surface area contributed by atoms with Crippen LogP contribution in [0.5, 0.6) is 0 Å². The molecule has 0 bridgehead atoms. The van der Waals surface area contributed by atoms with Gasteiger partial charge in [0, 0.05) is 19.0 Å². The molecule has 1 nitrogen and oxygen atoms in total. The Hall–Kier alpha value is -1.03. The van der Waals surface area contributed by atoms with Crippen LogP contribution in [0.25, 0.3) is 0 Å². The van der Waals surface area contributed by atoms with Crippen molar-refractivity contribution in [1.29, 1.82) is 0 Å². The van der Waals surface area contributed by atoms with Gasteiger partial charge in [0.25, 0.3) is 0 Å². The highest BCUT2D eigenvalue weighted by molar-refractivity contribution is 5.20. The minimum Gasteiger partial charge on any atom is -0.328 e. The first-order chi connectivity index (χ1) is 6.44. The molecule has 0 saturated heterocycles. The number of hydrogen-bond acceptors (Lipinski definition) is 1. The van der Waals surface area contributed by atoms with Gasteiger partial charge in [0.05, 0.1) is 0 Å². The van der Waals surface area contributed by atoms with Crippen LogP contribution in [0, 0.1) is 11.6 Å². The molecule has 14 heavy (non-hydrogen) atoms. The van der Waals surface area contributed by atoms with Crippen molar-refractivity contribution in [2.45, 2.75) is 19.0 Å². The van der Waals surface area contributed by atoms with Gasteiger partial charge in [0.15, 0.2) is 0 Å². The van der Waals surface area contributed by atoms with E-state index in [0.717, 1.165) is 12.1 Å². The van der Waals surface area contributed by atoms with E-state index in [1.165, 1.54) is 13.0 Å². The number of nitrogens with two attached hydrogens (primary N) is 1. The predicted molar refractivity (Wildman–Crippen MR) is 48.6 cm³/mol. The standard InChI is InChI=1S/C10H12F3N/c1-10(13,6-14)5-7-2-3-8(11)4-9(7)12/h2-4H,5-6,14H2,1H3. The van der Waals surface area contributed by atoms with E-state index < -0.39 is 17.3 Å². The van der Waals surface area contributed by atoms with Crippen LogP contribution in [0.1, 0.15) is 12.5 Å². The molecule has 1 rings (SSSR count). The SMILES string of the molecule is CC(F)(CN)Cc1ccc(F)cc1F. The molecule has 0 aliphatic heterocycles. The summed E-state index contributed by atoms with van der Waals surface area (Å²) in [5.74, 6) is -1.40. The minimum absolute atomic E-state index is 0.141. The van der Waals surface area contributed by atoms with Gasteiger partial charge >= 0.3 is 0 Å². The highest BCUT2D eigenvalue weighted by Gasteiger charge is 2.23. The van der Waals surface area contributed by atoms with E-state index in [-0.39, 0.29) is 18.5 Å². The lowest BCUT2D eigenvalue weighted by molar-refractivity contribution is 0.198. The third-order valence-electron chi connectivity index (χ3n) is 2.00. The molecular formula is C10H12F3N. The fourth-order valence-electron chi connectivity index (χ4n) is 1.13. The van der Waals surface area contributed by atoms with Crippen LogP contribution in [-0.2, 0) is 6.42 Å². The smallest absolute Gasteiger partial charge is 0.129 e. The van der Waals surface area contributed by atoms with E-state index in [4.69, 9.17) is 5.73 Å². The Labute approximate surface area is 80.7 Å². The van der Waals surface area contributed by atoms with E-state index in [1.807, 2.05) is 0 Å². The van der Waals surface area contributed by atoms with Gasteiger partial charge in [-0.25, -0.2) is 13.2 Å². The Balaban J connectivity index is 2.87. The summed E-state index contributed by atoms with van der Waals surface area (Å²) in [4.78, 5) is 0. The second-order valence-electron chi connectivity index (χ2n) is 3.53. The van der Waals surface area contributed by atoms with E-state index in [9.17, 15) is 13.2 Å². The van der Waals surface area contributed by atoms with Crippen LogP contribution in [-0.4, -0.2) is 12.2 Å². The third kappa shape index (κ3) is 2.73. The lowest BCUT2D eigenvalue weighted by Gasteiger charge is -2.18. The Morgan fingerprint density at radius 1 is 1.36 bits per heavy atom. The summed E-state index contributed by atoms with van der Waals surface area (Å²) in [7, 11) is 0. The maximum atomic E-state index is 13.4. The van der Waals surface area contributed by atoms with Crippen molar-refractivity contribution in [2.24, 2.45) is 5.73 Å². The number of halogens is 3. The second kappa shape index (κ2) is 4.00. The Kier molecular flexibility index (Phi) is 3.16. The first-order valence-electron chi connectivity index (χ1n) is 4.27. The van der Waals surface area contributed by atoms with Crippen molar-refractivity contribution in [2.75, 3.05) is 6.54 Å². The van der Waals surface area contributed by atoms with Crippen molar-refractivity contribution >= 4 is 0 Å². The van der Waals surface area contributed by atoms with E-state index in [1.54, 1.807) is 0 Å². The van der Waals surface area contributed by atoms with E-state index in [2.05, 4.69) is 0 Å². The first-order valence-corrected chi connectivity index (χ1v) is 4.27. The highest BCUT2D eigenvalue weighted by atomic mass is 19.1. The molecule has 0 aliphatic rings. The van der Waals surface area contributed by atoms with Crippen molar-refractivity contribution < 1.29 is 13.2 Å². The number of benzene rings is 1. The van der Waals surface area contributed by atoms with Crippen LogP contribution in [0.3, 0.4) is 0 Å². The summed E-state index contributed by atoms with van der Waals surface area (Å²) in [6.45, 7) is 1.10. The zero-order valence-corrected chi connectivity index (χ0v) is 7.86. The Morgan fingerprint density at radius 2 is 2.00 bits per heavy atom. The molecule has 0 fully saturated rings. The maximum absolute atomic E-state index is 13.4. The highest BCUT2D eigenvalue weighted by Crippen LogP contribution is 2.19. The molecule has 0 spiro atoms. The van der Waals surface area contributed by atoms with Gasteiger partial charge in [-0.05, 0) is 18.6 Å². The molecule has 0 aliphatic carbocycles. The maximum Gasteiger partial charge on any atom is 0.129 e. The van der Waals surface area contributed by atoms with Gasteiger partial charge in [-0.3, -0.25) is 0 Å². The van der Waals surface area contributed by atoms with Crippen LogP contribution < -0.4 is 5.73 Å². The van der Waals surface area contributed by atoms with Gasteiger partial charge in [0.1, 0.15) is 17.3 Å². The molecule has 1 atom stereocenters. The molecule has 4 heteroatoms. The Bertz CT molecular complexity index is 323. The molecule has 78 valence electrons. The minimum atomic E-state index is -1.65. The van der Waals surface area contributed by atoms with Crippen LogP contribution >= 0.6 is 0 Å². The second-order valence-corrected chi connectivity index (χ2v) is 3.53. The van der Waals surface area contributed by atoms with E-state index >= 15 is 0 Å². The van der Waals surface area contributed by atoms with Crippen molar-refractivity contribution in [3.63, 3.8) is 0 Å². The van der Waals surface area contributed by atoms with Gasteiger partial charge in [-0.1, -0.05) is 6.07 Å². The topological polar surface area (TPSA) is 26.0 Å². The molecule has 1 aromatic rings. The monoisotopic (exact) mass is 203 g/mol. The van der Waals surface area contributed by atoms with Crippen LogP contribution in [0.2, 0.25) is 0 Å². The predicted octanol–water partition coefficient (Wildman–Crippen LogP) is 2.19. The average Bonchev–Trinajstić information content (AvgIpc) is 2.10. The summed E-state index contributed by atoms with van der Waals surface area (Å²) in [5.41, 5.74) is 3.65. The molecular weight excluding hydrogens is 191 g/mol. The van der Waals surface area contributed by atoms with Gasteiger partial charge in [-0.2, -0.15) is 0 Å². The summed E-state index contributed by atoms with van der Waals surface area (Å²) >= 11 is 0. The fraction of sp³-hybridized carbons (Fsp3) is 0.400. The van der Waals surface area contributed by atoms with Gasteiger partial charge < -0.3 is 5.73 Å². The normalized spacial score (nSPS) is 15.2. The van der Waals surface area contributed by atoms with Crippen LogP contribution in [0.4, 0.5) is 13.2 Å². The van der Waals surface area contributed by atoms with Crippen molar-refractivity contribution in [1.82, 2.24) is 0 Å². The van der Waals surface area contributed by atoms with Crippen LogP contribution in [0.15, 0.2) is 18.2 Å². The zero-order chi connectivity index (χ0) is 10.8. The lowest BCUT2D eigenvalue weighted by atomic mass is 9.98. The number of alkyl halides is 1. The molecule has 0 heterocycles. The summed E-state index contributed by atoms with van der Waals surface area (Å²) in [5, 5.41) is 0.